The molecule has 0 unspecified atom stereocenters. The molecule has 1 atom stereocenters. The van der Waals surface area contributed by atoms with Gasteiger partial charge >= 0.3 is 5.97 Å². The molecule has 6 heteroatoms. The lowest BCUT2D eigenvalue weighted by Crippen LogP contribution is -2.10. The standard InChI is InChI=1S/C12H10N2O4/c1-9(8-13)18-12(15)6-5-10-3-2-4-11(7-10)14(16)17/h2-7,9H,1H3/b6-5+/t9-/m0/s1. The minimum Gasteiger partial charge on any atom is -0.444 e. The Labute approximate surface area is 103 Å². The molecule has 18 heavy (non-hydrogen) atoms. The van der Waals surface area contributed by atoms with E-state index in [1.165, 1.54) is 31.2 Å². The summed E-state index contributed by atoms with van der Waals surface area (Å²) in [6, 6.07) is 7.57. The molecule has 6 nitrogen and oxygen atoms in total. The van der Waals surface area contributed by atoms with E-state index in [0.29, 0.717) is 5.56 Å². The molecule has 0 radical (unpaired) electrons. The van der Waals surface area contributed by atoms with Crippen LogP contribution < -0.4 is 0 Å². The number of nitro groups is 1. The van der Waals surface area contributed by atoms with Gasteiger partial charge in [-0.05, 0) is 18.6 Å². The van der Waals surface area contributed by atoms with Crippen molar-refractivity contribution in [1.82, 2.24) is 0 Å². The summed E-state index contributed by atoms with van der Waals surface area (Å²) >= 11 is 0. The normalized spacial score (nSPS) is 11.8. The van der Waals surface area contributed by atoms with Crippen molar-refractivity contribution in [2.24, 2.45) is 0 Å². The molecule has 0 saturated heterocycles. The molecule has 0 aromatic heterocycles. The second-order valence-corrected chi connectivity index (χ2v) is 3.39. The molecule has 0 aliphatic carbocycles. The van der Waals surface area contributed by atoms with Crippen LogP contribution in [0.2, 0.25) is 0 Å². The number of benzene rings is 1. The first-order valence-electron chi connectivity index (χ1n) is 5.05. The number of hydrogen-bond acceptors (Lipinski definition) is 5. The number of hydrogen-bond donors (Lipinski definition) is 0. The summed E-state index contributed by atoms with van der Waals surface area (Å²) in [7, 11) is 0. The highest BCUT2D eigenvalue weighted by atomic mass is 16.6. The molecular weight excluding hydrogens is 236 g/mol. The molecule has 92 valence electrons. The van der Waals surface area contributed by atoms with Crippen LogP contribution in [0, 0.1) is 21.4 Å². The SMILES string of the molecule is C[C@@H](C#N)OC(=O)/C=C/c1cccc([N+](=O)[O-])c1. The van der Waals surface area contributed by atoms with Gasteiger partial charge in [0.2, 0.25) is 0 Å². The van der Waals surface area contributed by atoms with Crippen LogP contribution in [0.15, 0.2) is 30.3 Å². The maximum absolute atomic E-state index is 11.2. The minimum absolute atomic E-state index is 0.0593. The Hall–Kier alpha value is -2.68. The van der Waals surface area contributed by atoms with E-state index in [1.807, 2.05) is 0 Å². The Balaban J connectivity index is 2.73. The molecule has 0 aliphatic heterocycles. The van der Waals surface area contributed by atoms with Crippen LogP contribution in [0.25, 0.3) is 6.08 Å². The predicted octanol–water partition coefficient (Wildman–Crippen LogP) is 2.06. The lowest BCUT2D eigenvalue weighted by Gasteiger charge is -2.01. The van der Waals surface area contributed by atoms with Crippen LogP contribution in [0.5, 0.6) is 0 Å². The highest BCUT2D eigenvalue weighted by Crippen LogP contribution is 2.14. The quantitative estimate of drug-likeness (QED) is 0.351. The number of carbonyl (C=O) groups is 1. The summed E-state index contributed by atoms with van der Waals surface area (Å²) in [5.41, 5.74) is 0.446. The first kappa shape index (κ1) is 13.4. The second-order valence-electron chi connectivity index (χ2n) is 3.39. The third-order valence-electron chi connectivity index (χ3n) is 1.97. The third kappa shape index (κ3) is 4.06. The fraction of sp³-hybridized carbons (Fsp3) is 0.167. The van der Waals surface area contributed by atoms with Crippen LogP contribution in [-0.2, 0) is 9.53 Å². The van der Waals surface area contributed by atoms with Gasteiger partial charge in [-0.1, -0.05) is 12.1 Å². The zero-order valence-electron chi connectivity index (χ0n) is 9.57. The lowest BCUT2D eigenvalue weighted by molar-refractivity contribution is -0.384. The Kier molecular flexibility index (Phi) is 4.58. The summed E-state index contributed by atoms with van der Waals surface area (Å²) in [5, 5.41) is 19.0. The van der Waals surface area contributed by atoms with Crippen molar-refractivity contribution in [3.05, 3.63) is 46.0 Å². The van der Waals surface area contributed by atoms with Gasteiger partial charge in [0.15, 0.2) is 6.10 Å². The Morgan fingerprint density at radius 2 is 2.33 bits per heavy atom. The average molecular weight is 246 g/mol. The van der Waals surface area contributed by atoms with Crippen molar-refractivity contribution < 1.29 is 14.5 Å². The number of nitrogens with zero attached hydrogens (tertiary/aromatic N) is 2. The van der Waals surface area contributed by atoms with Crippen LogP contribution in [0.1, 0.15) is 12.5 Å². The van der Waals surface area contributed by atoms with Gasteiger partial charge in [0.25, 0.3) is 5.69 Å². The van der Waals surface area contributed by atoms with E-state index in [1.54, 1.807) is 12.1 Å². The van der Waals surface area contributed by atoms with Crippen molar-refractivity contribution >= 4 is 17.7 Å². The summed E-state index contributed by atoms with van der Waals surface area (Å²) in [5.74, 6) is -0.671. The minimum atomic E-state index is -0.827. The van der Waals surface area contributed by atoms with Crippen LogP contribution in [0.4, 0.5) is 5.69 Å². The number of ether oxygens (including phenoxy) is 1. The van der Waals surface area contributed by atoms with Crippen LogP contribution in [-0.4, -0.2) is 17.0 Å². The van der Waals surface area contributed by atoms with E-state index < -0.39 is 17.0 Å². The molecular formula is C12H10N2O4. The van der Waals surface area contributed by atoms with Gasteiger partial charge in [0.05, 0.1) is 4.92 Å². The molecule has 0 spiro atoms. The number of nitro benzene ring substituents is 1. The Morgan fingerprint density at radius 1 is 1.61 bits per heavy atom. The monoisotopic (exact) mass is 246 g/mol. The van der Waals surface area contributed by atoms with Gasteiger partial charge in [-0.25, -0.2) is 4.79 Å². The molecule has 1 aromatic rings. The fourth-order valence-corrected chi connectivity index (χ4v) is 1.15. The predicted molar refractivity (Wildman–Crippen MR) is 63.3 cm³/mol. The maximum Gasteiger partial charge on any atom is 0.332 e. The zero-order chi connectivity index (χ0) is 13.5. The van der Waals surface area contributed by atoms with Crippen molar-refractivity contribution in [3.63, 3.8) is 0 Å². The van der Waals surface area contributed by atoms with E-state index in [2.05, 4.69) is 4.74 Å². The van der Waals surface area contributed by atoms with E-state index >= 15 is 0 Å². The first-order chi connectivity index (χ1) is 8.52. The van der Waals surface area contributed by atoms with E-state index in [9.17, 15) is 14.9 Å². The zero-order valence-corrected chi connectivity index (χ0v) is 9.57. The maximum atomic E-state index is 11.2. The number of esters is 1. The second kappa shape index (κ2) is 6.15. The van der Waals surface area contributed by atoms with Crippen LogP contribution in [0.3, 0.4) is 0 Å². The van der Waals surface area contributed by atoms with E-state index in [-0.39, 0.29) is 5.69 Å². The van der Waals surface area contributed by atoms with Crippen molar-refractivity contribution in [3.8, 4) is 6.07 Å². The number of rotatable bonds is 4. The van der Waals surface area contributed by atoms with Gasteiger partial charge in [-0.15, -0.1) is 0 Å². The van der Waals surface area contributed by atoms with Gasteiger partial charge < -0.3 is 4.74 Å². The molecule has 0 aliphatic rings. The summed E-state index contributed by atoms with van der Waals surface area (Å²) in [4.78, 5) is 21.2. The molecule has 0 saturated carbocycles. The summed E-state index contributed by atoms with van der Waals surface area (Å²) in [6.45, 7) is 1.44. The summed E-state index contributed by atoms with van der Waals surface area (Å²) < 4.78 is 4.68. The Bertz CT molecular complexity index is 531. The molecule has 0 bridgehead atoms. The number of carbonyl (C=O) groups excluding carboxylic acids is 1. The number of non-ortho nitro benzene ring substituents is 1. The van der Waals surface area contributed by atoms with Crippen LogP contribution >= 0.6 is 0 Å². The van der Waals surface area contributed by atoms with Gasteiger partial charge in [-0.3, -0.25) is 10.1 Å². The smallest absolute Gasteiger partial charge is 0.332 e. The largest absolute Gasteiger partial charge is 0.444 e. The Morgan fingerprint density at radius 3 is 2.94 bits per heavy atom. The van der Waals surface area contributed by atoms with Crippen molar-refractivity contribution in [2.45, 2.75) is 13.0 Å². The molecule has 0 fully saturated rings. The number of nitriles is 1. The topological polar surface area (TPSA) is 93.2 Å². The summed E-state index contributed by atoms with van der Waals surface area (Å²) in [6.07, 6.45) is 1.68. The van der Waals surface area contributed by atoms with Crippen molar-refractivity contribution in [2.75, 3.05) is 0 Å². The van der Waals surface area contributed by atoms with Crippen molar-refractivity contribution in [1.29, 1.82) is 5.26 Å². The average Bonchev–Trinajstić information content (AvgIpc) is 2.36. The van der Waals surface area contributed by atoms with Gasteiger partial charge in [0, 0.05) is 18.2 Å². The van der Waals surface area contributed by atoms with Gasteiger partial charge in [0.1, 0.15) is 6.07 Å². The molecule has 1 aromatic carbocycles. The molecule has 0 N–H and O–H groups in total. The first-order valence-corrected chi connectivity index (χ1v) is 5.05. The molecule has 0 amide bonds. The van der Waals surface area contributed by atoms with Gasteiger partial charge in [-0.2, -0.15) is 5.26 Å². The fourth-order valence-electron chi connectivity index (χ4n) is 1.15. The lowest BCUT2D eigenvalue weighted by atomic mass is 10.2. The van der Waals surface area contributed by atoms with E-state index in [4.69, 9.17) is 5.26 Å². The molecule has 1 rings (SSSR count). The van der Waals surface area contributed by atoms with E-state index in [0.717, 1.165) is 6.08 Å². The molecule has 0 heterocycles. The third-order valence-corrected chi connectivity index (χ3v) is 1.97. The highest BCUT2D eigenvalue weighted by Gasteiger charge is 2.06. The highest BCUT2D eigenvalue weighted by molar-refractivity contribution is 5.87.